The summed E-state index contributed by atoms with van der Waals surface area (Å²) in [5.41, 5.74) is 2.12. The summed E-state index contributed by atoms with van der Waals surface area (Å²) in [6.45, 7) is 2.60. The molecule has 2 heterocycles. The molecule has 1 N–H and O–H groups in total. The van der Waals surface area contributed by atoms with E-state index in [1.54, 1.807) is 4.68 Å². The Morgan fingerprint density at radius 3 is 3.00 bits per heavy atom. The highest BCUT2D eigenvalue weighted by atomic mass is 16.4. The molecule has 0 unspecified atom stereocenters. The van der Waals surface area contributed by atoms with E-state index in [1.807, 2.05) is 20.2 Å². The lowest BCUT2D eigenvalue weighted by Crippen LogP contribution is -1.99. The van der Waals surface area contributed by atoms with Crippen molar-refractivity contribution in [1.29, 1.82) is 0 Å². The summed E-state index contributed by atoms with van der Waals surface area (Å²) in [4.78, 5) is 0. The van der Waals surface area contributed by atoms with E-state index in [1.165, 1.54) is 6.39 Å². The summed E-state index contributed by atoms with van der Waals surface area (Å²) < 4.78 is 6.72. The molecule has 0 fully saturated rings. The number of anilines is 1. The Hall–Kier alpha value is -1.85. The van der Waals surface area contributed by atoms with Gasteiger partial charge in [-0.25, -0.2) is 0 Å². The predicted molar refractivity (Wildman–Crippen MR) is 49.6 cm³/mol. The van der Waals surface area contributed by atoms with Gasteiger partial charge < -0.3 is 9.73 Å². The van der Waals surface area contributed by atoms with Crippen molar-refractivity contribution in [2.75, 3.05) is 5.32 Å². The number of hydrogen-bond acceptors (Lipinski definition) is 5. The van der Waals surface area contributed by atoms with Crippen LogP contribution >= 0.6 is 0 Å². The second kappa shape index (κ2) is 3.49. The average Bonchev–Trinajstić information content (AvgIpc) is 2.72. The van der Waals surface area contributed by atoms with Crippen molar-refractivity contribution in [3.63, 3.8) is 0 Å². The van der Waals surface area contributed by atoms with Gasteiger partial charge in [0, 0.05) is 25.4 Å². The minimum Gasteiger partial charge on any atom is -0.411 e. The molecule has 0 saturated carbocycles. The normalized spacial score (nSPS) is 10.4. The van der Waals surface area contributed by atoms with Gasteiger partial charge in [-0.1, -0.05) is 5.10 Å². The summed E-state index contributed by atoms with van der Waals surface area (Å²) in [7, 11) is 1.89. The molecule has 0 aliphatic heterocycles. The first-order valence-corrected chi connectivity index (χ1v) is 4.25. The number of nitrogens with one attached hydrogen (secondary N) is 1. The van der Waals surface area contributed by atoms with E-state index in [4.69, 9.17) is 4.42 Å². The Bertz CT molecular complexity index is 405. The molecule has 0 radical (unpaired) electrons. The lowest BCUT2D eigenvalue weighted by molar-refractivity contribution is 0.565. The quantitative estimate of drug-likeness (QED) is 0.778. The van der Waals surface area contributed by atoms with Crippen molar-refractivity contribution in [2.24, 2.45) is 7.05 Å². The van der Waals surface area contributed by atoms with Crippen LogP contribution in [-0.2, 0) is 13.6 Å². The molecule has 0 amide bonds. The third-order valence-corrected chi connectivity index (χ3v) is 1.91. The molecule has 0 aliphatic carbocycles. The molecule has 0 bridgehead atoms. The molecular formula is C8H11N5O. The molecule has 0 saturated heterocycles. The smallest absolute Gasteiger partial charge is 0.315 e. The average molecular weight is 193 g/mol. The van der Waals surface area contributed by atoms with Gasteiger partial charge in [-0.3, -0.25) is 4.68 Å². The molecular weight excluding hydrogens is 182 g/mol. The van der Waals surface area contributed by atoms with Crippen LogP contribution in [0.4, 0.5) is 6.01 Å². The number of aryl methyl sites for hydroxylation is 2. The zero-order valence-corrected chi connectivity index (χ0v) is 8.06. The molecule has 2 aromatic rings. The predicted octanol–water partition coefficient (Wildman–Crippen LogP) is 0.724. The SMILES string of the molecule is Cc1nn(C)cc1CNc1nnco1. The first-order chi connectivity index (χ1) is 6.75. The van der Waals surface area contributed by atoms with Crippen LogP contribution in [0.1, 0.15) is 11.3 Å². The fourth-order valence-electron chi connectivity index (χ4n) is 1.24. The first kappa shape index (κ1) is 8.74. The van der Waals surface area contributed by atoms with Crippen LogP contribution in [0.3, 0.4) is 0 Å². The first-order valence-electron chi connectivity index (χ1n) is 4.25. The summed E-state index contributed by atoms with van der Waals surface area (Å²) in [5, 5.41) is 14.5. The van der Waals surface area contributed by atoms with Gasteiger partial charge in [0.1, 0.15) is 0 Å². The molecule has 2 rings (SSSR count). The number of hydrogen-bond donors (Lipinski definition) is 1. The molecule has 14 heavy (non-hydrogen) atoms. The Labute approximate surface area is 80.9 Å². The van der Waals surface area contributed by atoms with E-state index in [0.717, 1.165) is 11.3 Å². The van der Waals surface area contributed by atoms with E-state index in [-0.39, 0.29) is 0 Å². The summed E-state index contributed by atoms with van der Waals surface area (Å²) in [6, 6.07) is 0.424. The fourth-order valence-corrected chi connectivity index (χ4v) is 1.24. The van der Waals surface area contributed by atoms with Crippen LogP contribution in [0.2, 0.25) is 0 Å². The number of rotatable bonds is 3. The summed E-state index contributed by atoms with van der Waals surface area (Å²) in [5.74, 6) is 0. The zero-order chi connectivity index (χ0) is 9.97. The highest BCUT2D eigenvalue weighted by Crippen LogP contribution is 2.07. The molecule has 0 atom stereocenters. The second-order valence-corrected chi connectivity index (χ2v) is 3.01. The van der Waals surface area contributed by atoms with Crippen molar-refractivity contribution >= 4 is 6.01 Å². The Morgan fingerprint density at radius 2 is 2.43 bits per heavy atom. The largest absolute Gasteiger partial charge is 0.411 e. The van der Waals surface area contributed by atoms with Gasteiger partial charge in [0.15, 0.2) is 0 Å². The van der Waals surface area contributed by atoms with Crippen LogP contribution in [0.25, 0.3) is 0 Å². The van der Waals surface area contributed by atoms with E-state index < -0.39 is 0 Å². The topological polar surface area (TPSA) is 68.8 Å². The molecule has 6 heteroatoms. The van der Waals surface area contributed by atoms with E-state index in [9.17, 15) is 0 Å². The second-order valence-electron chi connectivity index (χ2n) is 3.01. The van der Waals surface area contributed by atoms with Gasteiger partial charge in [-0.05, 0) is 6.92 Å². The Morgan fingerprint density at radius 1 is 1.57 bits per heavy atom. The minimum atomic E-state index is 0.424. The highest BCUT2D eigenvalue weighted by Gasteiger charge is 2.03. The molecule has 74 valence electrons. The van der Waals surface area contributed by atoms with Gasteiger partial charge in [-0.15, -0.1) is 5.10 Å². The van der Waals surface area contributed by atoms with Gasteiger partial charge in [0.05, 0.1) is 5.69 Å². The minimum absolute atomic E-state index is 0.424. The number of aromatic nitrogens is 4. The molecule has 2 aromatic heterocycles. The molecule has 0 aromatic carbocycles. The van der Waals surface area contributed by atoms with Crippen LogP contribution in [0.15, 0.2) is 17.0 Å². The van der Waals surface area contributed by atoms with E-state index in [2.05, 4.69) is 20.6 Å². The third kappa shape index (κ3) is 1.73. The van der Waals surface area contributed by atoms with Crippen molar-refractivity contribution in [2.45, 2.75) is 13.5 Å². The van der Waals surface area contributed by atoms with Crippen molar-refractivity contribution < 1.29 is 4.42 Å². The van der Waals surface area contributed by atoms with Crippen molar-refractivity contribution in [3.05, 3.63) is 23.8 Å². The zero-order valence-electron chi connectivity index (χ0n) is 8.06. The Balaban J connectivity index is 2.01. The van der Waals surface area contributed by atoms with Crippen LogP contribution < -0.4 is 5.32 Å². The fraction of sp³-hybridized carbons (Fsp3) is 0.375. The maximum absolute atomic E-state index is 4.94. The van der Waals surface area contributed by atoms with Crippen LogP contribution in [0, 0.1) is 6.92 Å². The van der Waals surface area contributed by atoms with Crippen LogP contribution in [-0.4, -0.2) is 20.0 Å². The number of nitrogens with zero attached hydrogens (tertiary/aromatic N) is 4. The van der Waals surface area contributed by atoms with Crippen molar-refractivity contribution in [1.82, 2.24) is 20.0 Å². The maximum Gasteiger partial charge on any atom is 0.315 e. The van der Waals surface area contributed by atoms with Gasteiger partial charge >= 0.3 is 6.01 Å². The van der Waals surface area contributed by atoms with Crippen molar-refractivity contribution in [3.8, 4) is 0 Å². The lowest BCUT2D eigenvalue weighted by Gasteiger charge is -1.97. The summed E-state index contributed by atoms with van der Waals surface area (Å²) in [6.07, 6.45) is 3.25. The standard InChI is InChI=1S/C8H11N5O/c1-6-7(4-13(2)12-6)3-9-8-11-10-5-14-8/h4-5H,3H2,1-2H3,(H,9,11). The highest BCUT2D eigenvalue weighted by molar-refractivity contribution is 5.23. The van der Waals surface area contributed by atoms with Gasteiger partial charge in [-0.2, -0.15) is 5.10 Å². The lowest BCUT2D eigenvalue weighted by atomic mass is 10.3. The van der Waals surface area contributed by atoms with Gasteiger partial charge in [0.2, 0.25) is 6.39 Å². The van der Waals surface area contributed by atoms with E-state index >= 15 is 0 Å². The Kier molecular flexibility index (Phi) is 2.18. The third-order valence-electron chi connectivity index (χ3n) is 1.91. The monoisotopic (exact) mass is 193 g/mol. The van der Waals surface area contributed by atoms with Crippen LogP contribution in [0.5, 0.6) is 0 Å². The van der Waals surface area contributed by atoms with E-state index in [0.29, 0.717) is 12.6 Å². The molecule has 0 aliphatic rings. The van der Waals surface area contributed by atoms with Gasteiger partial charge in [0.25, 0.3) is 0 Å². The summed E-state index contributed by atoms with van der Waals surface area (Å²) >= 11 is 0. The molecule has 6 nitrogen and oxygen atoms in total. The maximum atomic E-state index is 4.94. The molecule has 0 spiro atoms.